The molecular weight excluding hydrogens is 299 g/mol. The van der Waals surface area contributed by atoms with Crippen LogP contribution in [-0.4, -0.2) is 11.0 Å². The maximum absolute atomic E-state index is 11.7. The first-order valence-electron chi connectivity index (χ1n) is 5.47. The van der Waals surface area contributed by atoms with E-state index in [0.29, 0.717) is 27.1 Å². The molecule has 0 radical (unpaired) electrons. The van der Waals surface area contributed by atoms with Crippen molar-refractivity contribution in [3.8, 4) is 6.07 Å². The first-order valence-corrected chi connectivity index (χ1v) is 6.23. The Labute approximate surface area is 125 Å². The summed E-state index contributed by atoms with van der Waals surface area (Å²) < 4.78 is 0. The predicted octanol–water partition coefficient (Wildman–Crippen LogP) is 3.90. The number of nitrogens with one attached hydrogen (secondary N) is 2. The zero-order valence-electron chi connectivity index (χ0n) is 10.0. The second-order valence-corrected chi connectivity index (χ2v) is 4.57. The van der Waals surface area contributed by atoms with Gasteiger partial charge in [-0.2, -0.15) is 5.26 Å². The Kier molecular flexibility index (Phi) is 4.41. The van der Waals surface area contributed by atoms with E-state index in [1.54, 1.807) is 18.2 Å². The van der Waals surface area contributed by atoms with E-state index in [4.69, 9.17) is 28.5 Å². The molecule has 100 valence electrons. The molecule has 0 spiro atoms. The van der Waals surface area contributed by atoms with Crippen LogP contribution in [0.4, 0.5) is 16.3 Å². The van der Waals surface area contributed by atoms with Gasteiger partial charge in [-0.3, -0.25) is 5.32 Å². The minimum atomic E-state index is -0.472. The van der Waals surface area contributed by atoms with Crippen molar-refractivity contribution >= 4 is 40.7 Å². The third-order valence-electron chi connectivity index (χ3n) is 2.31. The molecule has 1 heterocycles. The molecule has 2 amide bonds. The van der Waals surface area contributed by atoms with Gasteiger partial charge in [0.15, 0.2) is 0 Å². The lowest BCUT2D eigenvalue weighted by Crippen LogP contribution is -2.20. The van der Waals surface area contributed by atoms with Crippen molar-refractivity contribution in [3.05, 3.63) is 52.1 Å². The van der Waals surface area contributed by atoms with Crippen molar-refractivity contribution < 1.29 is 4.79 Å². The van der Waals surface area contributed by atoms with E-state index in [2.05, 4.69) is 15.6 Å². The van der Waals surface area contributed by atoms with Crippen LogP contribution in [0.1, 0.15) is 5.56 Å². The normalized spacial score (nSPS) is 9.65. The zero-order valence-corrected chi connectivity index (χ0v) is 11.5. The molecule has 0 aliphatic rings. The van der Waals surface area contributed by atoms with Crippen LogP contribution >= 0.6 is 23.2 Å². The van der Waals surface area contributed by atoms with Gasteiger partial charge in [0, 0.05) is 11.9 Å². The molecule has 0 saturated carbocycles. The van der Waals surface area contributed by atoms with Crippen LogP contribution in [0.15, 0.2) is 36.5 Å². The maximum Gasteiger partial charge on any atom is 0.324 e. The first kappa shape index (κ1) is 14.1. The van der Waals surface area contributed by atoms with Gasteiger partial charge in [-0.25, -0.2) is 9.78 Å². The Balaban J connectivity index is 2.01. The smallest absolute Gasteiger partial charge is 0.308 e. The quantitative estimate of drug-likeness (QED) is 0.883. The van der Waals surface area contributed by atoms with Gasteiger partial charge >= 0.3 is 6.03 Å². The Hall–Kier alpha value is -2.29. The SMILES string of the molecule is N#Cc1ccc(NC(=O)Nc2ccc(Cl)c(Cl)c2)nc1. The van der Waals surface area contributed by atoms with Crippen molar-refractivity contribution in [2.75, 3.05) is 10.6 Å². The monoisotopic (exact) mass is 306 g/mol. The molecule has 0 atom stereocenters. The minimum absolute atomic E-state index is 0.335. The fourth-order valence-electron chi connectivity index (χ4n) is 1.39. The van der Waals surface area contributed by atoms with Crippen LogP contribution in [0.25, 0.3) is 0 Å². The molecule has 5 nitrogen and oxygen atoms in total. The van der Waals surface area contributed by atoms with E-state index in [0.717, 1.165) is 0 Å². The second-order valence-electron chi connectivity index (χ2n) is 3.75. The van der Waals surface area contributed by atoms with Crippen LogP contribution in [0.3, 0.4) is 0 Å². The molecule has 0 unspecified atom stereocenters. The van der Waals surface area contributed by atoms with Gasteiger partial charge in [-0.05, 0) is 30.3 Å². The van der Waals surface area contributed by atoms with Crippen LogP contribution < -0.4 is 10.6 Å². The molecule has 1 aromatic heterocycles. The number of hydrogen-bond acceptors (Lipinski definition) is 3. The molecule has 2 N–H and O–H groups in total. The summed E-state index contributed by atoms with van der Waals surface area (Å²) in [7, 11) is 0. The van der Waals surface area contributed by atoms with E-state index in [9.17, 15) is 4.79 Å². The van der Waals surface area contributed by atoms with Gasteiger partial charge in [0.25, 0.3) is 0 Å². The third-order valence-corrected chi connectivity index (χ3v) is 3.05. The summed E-state index contributed by atoms with van der Waals surface area (Å²) in [5.74, 6) is 0.335. The molecule has 1 aromatic carbocycles. The second kappa shape index (κ2) is 6.24. The number of urea groups is 1. The van der Waals surface area contributed by atoms with Gasteiger partial charge in [-0.15, -0.1) is 0 Å². The molecular formula is C13H8Cl2N4O. The number of nitrogens with zero attached hydrogens (tertiary/aromatic N) is 2. The molecule has 20 heavy (non-hydrogen) atoms. The number of carbonyl (C=O) groups excluding carboxylic acids is 1. The topological polar surface area (TPSA) is 77.8 Å². The predicted molar refractivity (Wildman–Crippen MR) is 78.1 cm³/mol. The van der Waals surface area contributed by atoms with Crippen LogP contribution in [-0.2, 0) is 0 Å². The Bertz CT molecular complexity index is 680. The maximum atomic E-state index is 11.7. The van der Waals surface area contributed by atoms with E-state index >= 15 is 0 Å². The number of aromatic nitrogens is 1. The fraction of sp³-hybridized carbons (Fsp3) is 0. The molecule has 2 aromatic rings. The van der Waals surface area contributed by atoms with E-state index in [1.807, 2.05) is 6.07 Å². The van der Waals surface area contributed by atoms with Crippen LogP contribution in [0.2, 0.25) is 10.0 Å². The highest BCUT2D eigenvalue weighted by molar-refractivity contribution is 6.42. The fourth-order valence-corrected chi connectivity index (χ4v) is 1.68. The number of nitriles is 1. The van der Waals surface area contributed by atoms with Crippen molar-refractivity contribution in [1.82, 2.24) is 4.98 Å². The van der Waals surface area contributed by atoms with Crippen molar-refractivity contribution in [2.45, 2.75) is 0 Å². The lowest BCUT2D eigenvalue weighted by Gasteiger charge is -2.07. The summed E-state index contributed by atoms with van der Waals surface area (Å²) in [6, 6.07) is 9.31. The summed E-state index contributed by atoms with van der Waals surface area (Å²) in [4.78, 5) is 15.7. The molecule has 0 bridgehead atoms. The molecule has 0 fully saturated rings. The average molecular weight is 307 g/mol. The summed E-state index contributed by atoms with van der Waals surface area (Å²) in [5.41, 5.74) is 0.922. The van der Waals surface area contributed by atoms with Crippen LogP contribution in [0, 0.1) is 11.3 Å². The average Bonchev–Trinajstić information content (AvgIpc) is 2.44. The number of halogens is 2. The highest BCUT2D eigenvalue weighted by Crippen LogP contribution is 2.25. The van der Waals surface area contributed by atoms with Gasteiger partial charge in [0.05, 0.1) is 15.6 Å². The van der Waals surface area contributed by atoms with Gasteiger partial charge < -0.3 is 5.32 Å². The molecule has 0 saturated heterocycles. The highest BCUT2D eigenvalue weighted by atomic mass is 35.5. The van der Waals surface area contributed by atoms with E-state index in [-0.39, 0.29) is 0 Å². The number of hydrogen-bond donors (Lipinski definition) is 2. The van der Waals surface area contributed by atoms with Crippen molar-refractivity contribution in [2.24, 2.45) is 0 Å². The number of carbonyl (C=O) groups is 1. The highest BCUT2D eigenvalue weighted by Gasteiger charge is 2.05. The van der Waals surface area contributed by atoms with Gasteiger partial charge in [-0.1, -0.05) is 23.2 Å². The summed E-state index contributed by atoms with van der Waals surface area (Å²) in [5, 5.41) is 14.5. The lowest BCUT2D eigenvalue weighted by atomic mass is 10.3. The number of anilines is 2. The largest absolute Gasteiger partial charge is 0.324 e. The minimum Gasteiger partial charge on any atom is -0.308 e. The molecule has 7 heteroatoms. The summed E-state index contributed by atoms with van der Waals surface area (Å²) in [6.45, 7) is 0. The molecule has 0 aliphatic heterocycles. The van der Waals surface area contributed by atoms with E-state index < -0.39 is 6.03 Å². The van der Waals surface area contributed by atoms with Crippen molar-refractivity contribution in [3.63, 3.8) is 0 Å². The van der Waals surface area contributed by atoms with Crippen molar-refractivity contribution in [1.29, 1.82) is 5.26 Å². The van der Waals surface area contributed by atoms with Crippen LogP contribution in [0.5, 0.6) is 0 Å². The Morgan fingerprint density at radius 1 is 1.15 bits per heavy atom. The molecule has 0 aliphatic carbocycles. The Morgan fingerprint density at radius 3 is 2.55 bits per heavy atom. The lowest BCUT2D eigenvalue weighted by molar-refractivity contribution is 0.262. The number of amides is 2. The summed E-state index contributed by atoms with van der Waals surface area (Å²) in [6.07, 6.45) is 1.37. The number of rotatable bonds is 2. The number of pyridine rings is 1. The summed E-state index contributed by atoms with van der Waals surface area (Å²) >= 11 is 11.6. The van der Waals surface area contributed by atoms with Gasteiger partial charge in [0.2, 0.25) is 0 Å². The molecule has 2 rings (SSSR count). The Morgan fingerprint density at radius 2 is 1.95 bits per heavy atom. The number of benzene rings is 1. The third kappa shape index (κ3) is 3.60. The van der Waals surface area contributed by atoms with Gasteiger partial charge in [0.1, 0.15) is 11.9 Å². The standard InChI is InChI=1S/C13H8Cl2N4O/c14-10-3-2-9(5-11(10)15)18-13(20)19-12-4-1-8(6-16)7-17-12/h1-5,7H,(H2,17,18,19,20). The van der Waals surface area contributed by atoms with E-state index in [1.165, 1.54) is 18.3 Å². The zero-order chi connectivity index (χ0) is 14.5. The first-order chi connectivity index (χ1) is 9.58.